The van der Waals surface area contributed by atoms with Gasteiger partial charge in [0, 0.05) is 10.9 Å². The van der Waals surface area contributed by atoms with E-state index in [-0.39, 0.29) is 28.3 Å². The van der Waals surface area contributed by atoms with Gasteiger partial charge in [0.1, 0.15) is 11.4 Å². The van der Waals surface area contributed by atoms with Crippen LogP contribution < -0.4 is 14.8 Å². The fourth-order valence-electron chi connectivity index (χ4n) is 2.80. The molecule has 3 rings (SSSR count). The maximum Gasteiger partial charge on any atom is 0.422 e. The van der Waals surface area contributed by atoms with Gasteiger partial charge in [0.15, 0.2) is 12.4 Å². The average Bonchev–Trinajstić information content (AvgIpc) is 3.10. The zero-order chi connectivity index (χ0) is 23.5. The molecule has 0 aliphatic carbocycles. The molecule has 0 spiro atoms. The van der Waals surface area contributed by atoms with E-state index in [2.05, 4.69) is 20.0 Å². The topological polar surface area (TPSA) is 76.2 Å². The third-order valence-electron chi connectivity index (χ3n) is 4.27. The van der Waals surface area contributed by atoms with Crippen molar-refractivity contribution in [1.29, 1.82) is 0 Å². The Morgan fingerprint density at radius 2 is 1.88 bits per heavy atom. The van der Waals surface area contributed by atoms with E-state index in [0.29, 0.717) is 5.52 Å². The molecule has 0 aliphatic rings. The van der Waals surface area contributed by atoms with Crippen molar-refractivity contribution in [2.75, 3.05) is 6.61 Å². The van der Waals surface area contributed by atoms with Gasteiger partial charge in [-0.3, -0.25) is 9.78 Å². The monoisotopic (exact) mass is 461 g/mol. The van der Waals surface area contributed by atoms with Gasteiger partial charge in [-0.25, -0.2) is 8.78 Å². The summed E-state index contributed by atoms with van der Waals surface area (Å²) in [5.74, 6) is -1.27. The zero-order valence-corrected chi connectivity index (χ0v) is 16.4. The number of hydrogen-bond acceptors (Lipinski definition) is 4. The van der Waals surface area contributed by atoms with Gasteiger partial charge in [0.25, 0.3) is 12.3 Å². The first kappa shape index (κ1) is 23.2. The quantitative estimate of drug-likeness (QED) is 0.467. The summed E-state index contributed by atoms with van der Waals surface area (Å²) in [7, 11) is 0. The second kappa shape index (κ2) is 9.37. The highest BCUT2D eigenvalue weighted by molar-refractivity contribution is 6.03. The second-order valence-electron chi connectivity index (χ2n) is 6.70. The van der Waals surface area contributed by atoms with Gasteiger partial charge < -0.3 is 19.8 Å². The van der Waals surface area contributed by atoms with Crippen LogP contribution in [0.5, 0.6) is 11.5 Å². The molecular weight excluding hydrogens is 444 g/mol. The van der Waals surface area contributed by atoms with Crippen LogP contribution in [0.3, 0.4) is 0 Å². The van der Waals surface area contributed by atoms with Crippen LogP contribution in [0.25, 0.3) is 10.9 Å². The molecule has 0 bridgehead atoms. The number of nitrogens with one attached hydrogen (secondary N) is 2. The molecule has 0 saturated heterocycles. The van der Waals surface area contributed by atoms with Crippen molar-refractivity contribution in [1.82, 2.24) is 15.3 Å². The third kappa shape index (κ3) is 5.62. The van der Waals surface area contributed by atoms with Crippen LogP contribution in [0.4, 0.5) is 26.3 Å². The molecule has 2 unspecified atom stereocenters. The number of nitrogens with zero attached hydrogens (tertiary/aromatic N) is 1. The molecule has 6 nitrogen and oxygen atoms in total. The Morgan fingerprint density at radius 3 is 2.50 bits per heavy atom. The van der Waals surface area contributed by atoms with Crippen molar-refractivity contribution in [3.63, 3.8) is 0 Å². The fraction of sp³-hybridized carbons (Fsp3) is 0.300. The van der Waals surface area contributed by atoms with Crippen LogP contribution in [0, 0.1) is 0 Å². The standard InChI is InChI=1S/C20H17F6N3O3/c1-10(13-7-6-11(8-27-13)31-9-20(24,25)26)28-19(30)15-16(32-18(23)17(21)22)12-4-2-3-5-14(12)29-15/h2-8,10,17-18,29H,9H2,1H3,(H,28,30). The Morgan fingerprint density at radius 1 is 1.16 bits per heavy atom. The summed E-state index contributed by atoms with van der Waals surface area (Å²) < 4.78 is 84.8. The van der Waals surface area contributed by atoms with Gasteiger partial charge in [-0.2, -0.15) is 17.6 Å². The fourth-order valence-corrected chi connectivity index (χ4v) is 2.80. The summed E-state index contributed by atoms with van der Waals surface area (Å²) in [6.45, 7) is 0.0639. The number of aromatic amines is 1. The molecule has 172 valence electrons. The van der Waals surface area contributed by atoms with Crippen molar-refractivity contribution in [3.05, 3.63) is 54.0 Å². The first-order chi connectivity index (χ1) is 15.0. The molecule has 3 aromatic rings. The number of carbonyl (C=O) groups is 1. The molecule has 2 N–H and O–H groups in total. The van der Waals surface area contributed by atoms with Gasteiger partial charge in [0.2, 0.25) is 0 Å². The summed E-state index contributed by atoms with van der Waals surface area (Å²) in [4.78, 5) is 19.4. The summed E-state index contributed by atoms with van der Waals surface area (Å²) in [5, 5.41) is 2.78. The van der Waals surface area contributed by atoms with E-state index in [1.54, 1.807) is 18.2 Å². The summed E-state index contributed by atoms with van der Waals surface area (Å²) >= 11 is 0. The molecule has 2 heterocycles. The number of H-pyrrole nitrogens is 1. The Bertz CT molecular complexity index is 1070. The maximum absolute atomic E-state index is 13.6. The molecule has 0 radical (unpaired) electrons. The highest BCUT2D eigenvalue weighted by Gasteiger charge is 2.29. The summed E-state index contributed by atoms with van der Waals surface area (Å²) in [6, 6.07) is 8.09. The molecule has 0 saturated carbocycles. The predicted molar refractivity (Wildman–Crippen MR) is 101 cm³/mol. The molecule has 12 heteroatoms. The van der Waals surface area contributed by atoms with Gasteiger partial charge >= 0.3 is 12.6 Å². The van der Waals surface area contributed by atoms with Gasteiger partial charge in [0.05, 0.1) is 17.9 Å². The van der Waals surface area contributed by atoms with Crippen LogP contribution in [-0.2, 0) is 0 Å². The molecule has 2 atom stereocenters. The highest BCUT2D eigenvalue weighted by Crippen LogP contribution is 2.32. The van der Waals surface area contributed by atoms with Gasteiger partial charge in [-0.1, -0.05) is 12.1 Å². The molecule has 2 aromatic heterocycles. The van der Waals surface area contributed by atoms with Crippen LogP contribution in [-0.4, -0.2) is 41.4 Å². The Hall–Kier alpha value is -3.44. The lowest BCUT2D eigenvalue weighted by Crippen LogP contribution is -2.29. The molecule has 32 heavy (non-hydrogen) atoms. The number of hydrogen-bond donors (Lipinski definition) is 2. The highest BCUT2D eigenvalue weighted by atomic mass is 19.4. The van der Waals surface area contributed by atoms with Gasteiger partial charge in [-0.05, 0) is 31.2 Å². The number of aromatic nitrogens is 2. The zero-order valence-electron chi connectivity index (χ0n) is 16.4. The molecule has 0 aliphatic heterocycles. The number of halogens is 6. The molecule has 1 aromatic carbocycles. The number of rotatable bonds is 8. The number of alkyl halides is 6. The molecule has 0 fully saturated rings. The van der Waals surface area contributed by atoms with E-state index >= 15 is 0 Å². The Labute approximate surface area is 177 Å². The first-order valence-corrected chi connectivity index (χ1v) is 9.21. The first-order valence-electron chi connectivity index (χ1n) is 9.21. The number of ether oxygens (including phenoxy) is 2. The molecule has 1 amide bonds. The van der Waals surface area contributed by atoms with E-state index in [4.69, 9.17) is 4.74 Å². The summed E-state index contributed by atoms with van der Waals surface area (Å²) in [6.07, 6.45) is -9.79. The number of carbonyl (C=O) groups excluding carboxylic acids is 1. The van der Waals surface area contributed by atoms with E-state index < -0.39 is 37.5 Å². The third-order valence-corrected chi connectivity index (χ3v) is 4.27. The number of pyridine rings is 1. The van der Waals surface area contributed by atoms with Crippen LogP contribution in [0.1, 0.15) is 29.1 Å². The Kier molecular flexibility index (Phi) is 6.80. The lowest BCUT2D eigenvalue weighted by Gasteiger charge is -2.15. The van der Waals surface area contributed by atoms with Crippen molar-refractivity contribution < 1.29 is 40.6 Å². The van der Waals surface area contributed by atoms with E-state index in [9.17, 15) is 31.1 Å². The van der Waals surface area contributed by atoms with Crippen molar-refractivity contribution >= 4 is 16.8 Å². The van der Waals surface area contributed by atoms with E-state index in [0.717, 1.165) is 6.20 Å². The second-order valence-corrected chi connectivity index (χ2v) is 6.70. The number of fused-ring (bicyclic) bond motifs is 1. The van der Waals surface area contributed by atoms with Crippen molar-refractivity contribution in [2.24, 2.45) is 0 Å². The van der Waals surface area contributed by atoms with Crippen LogP contribution in [0.15, 0.2) is 42.6 Å². The minimum absolute atomic E-state index is 0.114. The predicted octanol–water partition coefficient (Wildman–Crippen LogP) is 4.93. The average molecular weight is 461 g/mol. The van der Waals surface area contributed by atoms with E-state index in [1.165, 1.54) is 25.1 Å². The minimum atomic E-state index is -4.50. The Balaban J connectivity index is 1.76. The van der Waals surface area contributed by atoms with Crippen LogP contribution >= 0.6 is 0 Å². The van der Waals surface area contributed by atoms with Crippen molar-refractivity contribution in [2.45, 2.75) is 31.9 Å². The minimum Gasteiger partial charge on any atom is -0.483 e. The SMILES string of the molecule is CC(NC(=O)c1[nH]c2ccccc2c1OC(F)C(F)F)c1ccc(OCC(F)(F)F)cn1. The largest absolute Gasteiger partial charge is 0.483 e. The van der Waals surface area contributed by atoms with Crippen LogP contribution in [0.2, 0.25) is 0 Å². The maximum atomic E-state index is 13.6. The van der Waals surface area contributed by atoms with Crippen molar-refractivity contribution in [3.8, 4) is 11.5 Å². The van der Waals surface area contributed by atoms with E-state index in [1.807, 2.05) is 0 Å². The normalized spacial score (nSPS) is 13.8. The summed E-state index contributed by atoms with van der Waals surface area (Å²) in [5.41, 5.74) is 0.379. The number of para-hydroxylation sites is 1. The smallest absolute Gasteiger partial charge is 0.422 e. The number of amides is 1. The lowest BCUT2D eigenvalue weighted by molar-refractivity contribution is -0.153. The number of benzene rings is 1. The molecular formula is C20H17F6N3O3. The lowest BCUT2D eigenvalue weighted by atomic mass is 10.2. The van der Waals surface area contributed by atoms with Gasteiger partial charge in [-0.15, -0.1) is 0 Å².